The summed E-state index contributed by atoms with van der Waals surface area (Å²) >= 11 is 6.01. The van der Waals surface area contributed by atoms with Gasteiger partial charge in [0.2, 0.25) is 0 Å². The van der Waals surface area contributed by atoms with Crippen LogP contribution >= 0.6 is 24.0 Å². The lowest BCUT2D eigenvalue weighted by molar-refractivity contribution is 0.415. The van der Waals surface area contributed by atoms with Crippen LogP contribution in [0.4, 0.5) is 5.69 Å². The van der Waals surface area contributed by atoms with Crippen LogP contribution in [0, 0.1) is 11.3 Å². The lowest BCUT2D eigenvalue weighted by Crippen LogP contribution is -2.03. The predicted octanol–water partition coefficient (Wildman–Crippen LogP) is 4.80. The molecule has 4 nitrogen and oxygen atoms in total. The SMILES string of the molecule is COc1ccc2c(NCc3cccc(Cl)c3)c(C#N)cnc2c1.Cl. The average molecular weight is 360 g/mol. The fraction of sp³-hybridized carbons (Fsp3) is 0.111. The minimum Gasteiger partial charge on any atom is -0.497 e. The first kappa shape index (κ1) is 17.9. The molecule has 0 atom stereocenters. The summed E-state index contributed by atoms with van der Waals surface area (Å²) in [5, 5.41) is 14.2. The number of fused-ring (bicyclic) bond motifs is 1. The molecule has 0 aliphatic heterocycles. The van der Waals surface area contributed by atoms with Gasteiger partial charge in [0.25, 0.3) is 0 Å². The second kappa shape index (κ2) is 7.87. The molecule has 3 aromatic rings. The summed E-state index contributed by atoms with van der Waals surface area (Å²) < 4.78 is 5.22. The highest BCUT2D eigenvalue weighted by atomic mass is 35.5. The van der Waals surface area contributed by atoms with E-state index in [9.17, 15) is 5.26 Å². The number of pyridine rings is 1. The Morgan fingerprint density at radius 3 is 2.79 bits per heavy atom. The Morgan fingerprint density at radius 2 is 2.08 bits per heavy atom. The van der Waals surface area contributed by atoms with Crippen LogP contribution in [0.1, 0.15) is 11.1 Å². The molecule has 6 heteroatoms. The van der Waals surface area contributed by atoms with Gasteiger partial charge < -0.3 is 10.1 Å². The monoisotopic (exact) mass is 359 g/mol. The van der Waals surface area contributed by atoms with Crippen molar-refractivity contribution in [2.45, 2.75) is 6.54 Å². The molecular formula is C18H15Cl2N3O. The first-order chi connectivity index (χ1) is 11.2. The van der Waals surface area contributed by atoms with E-state index >= 15 is 0 Å². The minimum absolute atomic E-state index is 0. The Morgan fingerprint density at radius 1 is 1.25 bits per heavy atom. The molecule has 0 fully saturated rings. The minimum atomic E-state index is 0. The van der Waals surface area contributed by atoms with Gasteiger partial charge in [-0.05, 0) is 29.8 Å². The second-order valence-electron chi connectivity index (χ2n) is 5.03. The van der Waals surface area contributed by atoms with Gasteiger partial charge >= 0.3 is 0 Å². The molecule has 1 N–H and O–H groups in total. The largest absolute Gasteiger partial charge is 0.497 e. The van der Waals surface area contributed by atoms with E-state index in [4.69, 9.17) is 16.3 Å². The zero-order valence-corrected chi connectivity index (χ0v) is 14.5. The van der Waals surface area contributed by atoms with Crippen LogP contribution in [0.25, 0.3) is 10.9 Å². The summed E-state index contributed by atoms with van der Waals surface area (Å²) in [4.78, 5) is 4.33. The van der Waals surface area contributed by atoms with Crippen molar-refractivity contribution in [3.05, 3.63) is 64.8 Å². The molecule has 3 rings (SSSR count). The number of nitriles is 1. The fourth-order valence-electron chi connectivity index (χ4n) is 2.41. The van der Waals surface area contributed by atoms with Crippen molar-refractivity contribution < 1.29 is 4.74 Å². The Hall–Kier alpha value is -2.48. The maximum Gasteiger partial charge on any atom is 0.121 e. The molecule has 0 aliphatic carbocycles. The normalized spacial score (nSPS) is 9.88. The van der Waals surface area contributed by atoms with Crippen molar-refractivity contribution in [1.82, 2.24) is 4.98 Å². The van der Waals surface area contributed by atoms with Gasteiger partial charge in [0.1, 0.15) is 11.8 Å². The number of hydrogen-bond acceptors (Lipinski definition) is 4. The van der Waals surface area contributed by atoms with Gasteiger partial charge in [-0.15, -0.1) is 12.4 Å². The van der Waals surface area contributed by atoms with E-state index in [0.29, 0.717) is 17.1 Å². The highest BCUT2D eigenvalue weighted by Gasteiger charge is 2.09. The van der Waals surface area contributed by atoms with E-state index in [2.05, 4.69) is 16.4 Å². The van der Waals surface area contributed by atoms with Crippen molar-refractivity contribution in [2.24, 2.45) is 0 Å². The van der Waals surface area contributed by atoms with Crippen LogP contribution in [0.5, 0.6) is 5.75 Å². The van der Waals surface area contributed by atoms with Gasteiger partial charge in [-0.3, -0.25) is 4.98 Å². The Labute approximate surface area is 151 Å². The smallest absolute Gasteiger partial charge is 0.121 e. The Balaban J connectivity index is 0.00000208. The maximum absolute atomic E-state index is 9.34. The van der Waals surface area contributed by atoms with Crippen molar-refractivity contribution in [2.75, 3.05) is 12.4 Å². The van der Waals surface area contributed by atoms with Crippen molar-refractivity contribution >= 4 is 40.6 Å². The van der Waals surface area contributed by atoms with Crippen LogP contribution in [0.3, 0.4) is 0 Å². The standard InChI is InChI=1S/C18H14ClN3O.ClH/c1-23-15-5-6-16-17(8-15)21-11-13(9-20)18(16)22-10-12-3-2-4-14(19)7-12;/h2-8,11H,10H2,1H3,(H,21,22);1H. The Kier molecular flexibility index (Phi) is 5.86. The van der Waals surface area contributed by atoms with E-state index in [0.717, 1.165) is 27.9 Å². The fourth-order valence-corrected chi connectivity index (χ4v) is 2.63. The zero-order valence-electron chi connectivity index (χ0n) is 12.9. The van der Waals surface area contributed by atoms with E-state index in [1.165, 1.54) is 0 Å². The predicted molar refractivity (Wildman–Crippen MR) is 99.0 cm³/mol. The van der Waals surface area contributed by atoms with Crippen LogP contribution in [0.2, 0.25) is 5.02 Å². The topological polar surface area (TPSA) is 57.9 Å². The molecule has 1 heterocycles. The molecule has 0 saturated heterocycles. The van der Waals surface area contributed by atoms with Crippen molar-refractivity contribution in [3.63, 3.8) is 0 Å². The zero-order chi connectivity index (χ0) is 16.2. The molecule has 122 valence electrons. The molecule has 24 heavy (non-hydrogen) atoms. The van der Waals surface area contributed by atoms with Crippen molar-refractivity contribution in [1.29, 1.82) is 5.26 Å². The van der Waals surface area contributed by atoms with Gasteiger partial charge in [0.15, 0.2) is 0 Å². The molecule has 0 bridgehead atoms. The Bertz CT molecular complexity index is 906. The number of anilines is 1. The first-order valence-corrected chi connectivity index (χ1v) is 7.44. The van der Waals surface area contributed by atoms with Gasteiger partial charge in [-0.2, -0.15) is 5.26 Å². The van der Waals surface area contributed by atoms with Gasteiger partial charge in [0.05, 0.1) is 23.9 Å². The van der Waals surface area contributed by atoms with Gasteiger partial charge in [0, 0.05) is 29.2 Å². The summed E-state index contributed by atoms with van der Waals surface area (Å²) in [5.74, 6) is 0.732. The summed E-state index contributed by atoms with van der Waals surface area (Å²) in [6, 6.07) is 15.4. The number of methoxy groups -OCH3 is 1. The number of ether oxygens (including phenoxy) is 1. The van der Waals surface area contributed by atoms with Gasteiger partial charge in [-0.25, -0.2) is 0 Å². The molecule has 0 spiro atoms. The van der Waals surface area contributed by atoms with Crippen molar-refractivity contribution in [3.8, 4) is 11.8 Å². The highest BCUT2D eigenvalue weighted by Crippen LogP contribution is 2.29. The summed E-state index contributed by atoms with van der Waals surface area (Å²) in [6.07, 6.45) is 1.57. The summed E-state index contributed by atoms with van der Waals surface area (Å²) in [6.45, 7) is 0.570. The number of nitrogens with zero attached hydrogens (tertiary/aromatic N) is 2. The summed E-state index contributed by atoms with van der Waals surface area (Å²) in [5.41, 5.74) is 3.08. The quantitative estimate of drug-likeness (QED) is 0.726. The average Bonchev–Trinajstić information content (AvgIpc) is 2.59. The lowest BCUT2D eigenvalue weighted by Gasteiger charge is -2.12. The third-order valence-corrected chi connectivity index (χ3v) is 3.79. The number of hydrogen-bond donors (Lipinski definition) is 1. The van der Waals surface area contributed by atoms with Gasteiger partial charge in [-0.1, -0.05) is 23.7 Å². The number of aromatic nitrogens is 1. The highest BCUT2D eigenvalue weighted by molar-refractivity contribution is 6.30. The molecular weight excluding hydrogens is 345 g/mol. The molecule has 0 amide bonds. The lowest BCUT2D eigenvalue weighted by atomic mass is 10.1. The van der Waals surface area contributed by atoms with E-state index in [1.807, 2.05) is 42.5 Å². The van der Waals surface area contributed by atoms with Crippen LogP contribution in [-0.2, 0) is 6.54 Å². The van der Waals surface area contributed by atoms with E-state index < -0.39 is 0 Å². The summed E-state index contributed by atoms with van der Waals surface area (Å²) in [7, 11) is 1.61. The van der Waals surface area contributed by atoms with Crippen LogP contribution < -0.4 is 10.1 Å². The van der Waals surface area contributed by atoms with E-state index in [1.54, 1.807) is 13.3 Å². The molecule has 1 aromatic heterocycles. The number of nitrogens with one attached hydrogen (secondary N) is 1. The molecule has 0 unspecified atom stereocenters. The number of halogens is 2. The second-order valence-corrected chi connectivity index (χ2v) is 5.46. The molecule has 0 aliphatic rings. The number of rotatable bonds is 4. The molecule has 0 saturated carbocycles. The van der Waals surface area contributed by atoms with E-state index in [-0.39, 0.29) is 12.4 Å². The third-order valence-electron chi connectivity index (χ3n) is 3.56. The van der Waals surface area contributed by atoms with Crippen LogP contribution in [-0.4, -0.2) is 12.1 Å². The molecule has 0 radical (unpaired) electrons. The number of benzene rings is 2. The molecule has 2 aromatic carbocycles. The third kappa shape index (κ3) is 3.70. The maximum atomic E-state index is 9.34. The van der Waals surface area contributed by atoms with Crippen LogP contribution in [0.15, 0.2) is 48.7 Å². The first-order valence-electron chi connectivity index (χ1n) is 7.06.